The maximum Gasteiger partial charge on any atom is 0.330 e. The van der Waals surface area contributed by atoms with E-state index in [0.717, 1.165) is 24.8 Å². The summed E-state index contributed by atoms with van der Waals surface area (Å²) in [5, 5.41) is 0. The fourth-order valence-electron chi connectivity index (χ4n) is 6.29. The zero-order chi connectivity index (χ0) is 31.0. The number of benzene rings is 2. The second-order valence-electron chi connectivity index (χ2n) is 14.0. The molecule has 0 aromatic heterocycles. The van der Waals surface area contributed by atoms with Crippen LogP contribution in [0.25, 0.3) is 0 Å². The minimum absolute atomic E-state index is 0.104. The molecular weight excluding hydrogens is 540 g/mol. The van der Waals surface area contributed by atoms with Crippen molar-refractivity contribution in [3.05, 3.63) is 83.9 Å². The van der Waals surface area contributed by atoms with Gasteiger partial charge in [-0.05, 0) is 62.1 Å². The summed E-state index contributed by atoms with van der Waals surface area (Å²) in [4.78, 5) is 25.6. The first-order valence-electron chi connectivity index (χ1n) is 15.8. The van der Waals surface area contributed by atoms with Gasteiger partial charge in [0, 0.05) is 24.8 Å². The van der Waals surface area contributed by atoms with Crippen LogP contribution in [0.4, 0.5) is 0 Å². The monoisotopic (exact) mass is 590 g/mol. The van der Waals surface area contributed by atoms with Crippen LogP contribution in [0.1, 0.15) is 84.8 Å². The molecule has 6 atom stereocenters. The maximum absolute atomic E-state index is 13.2. The molecule has 6 heteroatoms. The Morgan fingerprint density at radius 1 is 0.907 bits per heavy atom. The van der Waals surface area contributed by atoms with Crippen molar-refractivity contribution in [2.75, 3.05) is 6.61 Å². The molecule has 0 radical (unpaired) electrons. The second-order valence-corrected chi connectivity index (χ2v) is 14.0. The molecule has 43 heavy (non-hydrogen) atoms. The van der Waals surface area contributed by atoms with Crippen molar-refractivity contribution in [2.24, 2.45) is 17.3 Å². The third kappa shape index (κ3) is 9.51. The highest BCUT2D eigenvalue weighted by Crippen LogP contribution is 2.43. The number of ether oxygens (including phenoxy) is 4. The van der Waals surface area contributed by atoms with Crippen LogP contribution in [0.5, 0.6) is 0 Å². The fraction of sp³-hybridized carbons (Fsp3) is 0.568. The van der Waals surface area contributed by atoms with Gasteiger partial charge in [-0.3, -0.25) is 4.79 Å². The van der Waals surface area contributed by atoms with E-state index in [1.807, 2.05) is 57.2 Å². The van der Waals surface area contributed by atoms with Crippen LogP contribution >= 0.6 is 0 Å². The standard InChI is InChI=1S/C37H50O6/c1-26-17-19-32(37(5,6)28-15-11-8-12-16-28)33(21-26)43-34(38)20-18-29-22-30(40-24-27-13-9-7-10-14-27)23-31(42-29)25-41-35(39)36(2,3)4/h7-16,18,20,26,29-33H,17,19,21-25H2,1-6H3/b20-18+/t26-,29+,30-,31+,32-,33-/m1/s1. The van der Waals surface area contributed by atoms with E-state index in [2.05, 4.69) is 45.0 Å². The number of carbonyl (C=O) groups excluding carboxylic acids is 2. The van der Waals surface area contributed by atoms with Crippen LogP contribution < -0.4 is 0 Å². The largest absolute Gasteiger partial charge is 0.463 e. The van der Waals surface area contributed by atoms with Gasteiger partial charge in [0.1, 0.15) is 12.7 Å². The van der Waals surface area contributed by atoms with Gasteiger partial charge in [-0.25, -0.2) is 4.79 Å². The topological polar surface area (TPSA) is 71.1 Å². The Morgan fingerprint density at radius 2 is 1.58 bits per heavy atom. The average molecular weight is 591 g/mol. The molecule has 1 saturated carbocycles. The first kappa shape index (κ1) is 32.9. The zero-order valence-corrected chi connectivity index (χ0v) is 26.8. The Bertz CT molecular complexity index is 1200. The first-order chi connectivity index (χ1) is 20.4. The second kappa shape index (κ2) is 14.7. The van der Waals surface area contributed by atoms with Crippen LogP contribution in [0.2, 0.25) is 0 Å². The summed E-state index contributed by atoms with van der Waals surface area (Å²) in [6, 6.07) is 20.6. The summed E-state index contributed by atoms with van der Waals surface area (Å²) >= 11 is 0. The molecule has 0 N–H and O–H groups in total. The average Bonchev–Trinajstić information content (AvgIpc) is 2.98. The lowest BCUT2D eigenvalue weighted by molar-refractivity contribution is -0.165. The van der Waals surface area contributed by atoms with Crippen LogP contribution in [-0.2, 0) is 40.6 Å². The van der Waals surface area contributed by atoms with Crippen LogP contribution in [0.3, 0.4) is 0 Å². The molecule has 1 aliphatic heterocycles. The Morgan fingerprint density at radius 3 is 2.26 bits per heavy atom. The molecule has 0 spiro atoms. The summed E-state index contributed by atoms with van der Waals surface area (Å²) in [5.74, 6) is 0.116. The number of hydrogen-bond donors (Lipinski definition) is 0. The van der Waals surface area contributed by atoms with Crippen molar-refractivity contribution < 1.29 is 28.5 Å². The predicted molar refractivity (Wildman–Crippen MR) is 168 cm³/mol. The molecule has 6 nitrogen and oxygen atoms in total. The molecule has 2 aliphatic rings. The Balaban J connectivity index is 1.41. The normalized spacial score (nSPS) is 26.7. The molecule has 234 valence electrons. The van der Waals surface area contributed by atoms with Crippen LogP contribution in [0, 0.1) is 17.3 Å². The Labute approximate surface area is 258 Å². The third-order valence-corrected chi connectivity index (χ3v) is 8.94. The van der Waals surface area contributed by atoms with Gasteiger partial charge in [-0.1, -0.05) is 87.9 Å². The number of esters is 2. The highest BCUT2D eigenvalue weighted by Gasteiger charge is 2.42. The molecule has 2 aromatic rings. The lowest BCUT2D eigenvalue weighted by Gasteiger charge is -2.43. The van der Waals surface area contributed by atoms with Gasteiger partial charge in [0.05, 0.1) is 30.3 Å². The van der Waals surface area contributed by atoms with Crippen LogP contribution in [-0.4, -0.2) is 43.0 Å². The Kier molecular flexibility index (Phi) is 11.2. The van der Waals surface area contributed by atoms with Gasteiger partial charge in [0.25, 0.3) is 0 Å². The number of rotatable bonds is 10. The highest BCUT2D eigenvalue weighted by atomic mass is 16.6. The van der Waals surface area contributed by atoms with Crippen molar-refractivity contribution in [3.8, 4) is 0 Å². The van der Waals surface area contributed by atoms with E-state index in [1.54, 1.807) is 6.08 Å². The summed E-state index contributed by atoms with van der Waals surface area (Å²) < 4.78 is 24.3. The zero-order valence-electron chi connectivity index (χ0n) is 26.8. The first-order valence-corrected chi connectivity index (χ1v) is 15.8. The van der Waals surface area contributed by atoms with Crippen molar-refractivity contribution in [1.82, 2.24) is 0 Å². The van der Waals surface area contributed by atoms with Gasteiger partial charge in [0.2, 0.25) is 0 Å². The third-order valence-electron chi connectivity index (χ3n) is 8.94. The molecule has 2 aromatic carbocycles. The molecule has 0 amide bonds. The quantitative estimate of drug-likeness (QED) is 0.210. The smallest absolute Gasteiger partial charge is 0.330 e. The van der Waals surface area contributed by atoms with E-state index in [1.165, 1.54) is 11.6 Å². The molecule has 1 aliphatic carbocycles. The van der Waals surface area contributed by atoms with Gasteiger partial charge in [0.15, 0.2) is 0 Å². The lowest BCUT2D eigenvalue weighted by atomic mass is 9.64. The fourth-order valence-corrected chi connectivity index (χ4v) is 6.29. The van der Waals surface area contributed by atoms with E-state index >= 15 is 0 Å². The van der Waals surface area contributed by atoms with E-state index in [9.17, 15) is 9.59 Å². The summed E-state index contributed by atoms with van der Waals surface area (Å²) in [6.07, 6.45) is 6.55. The molecule has 4 rings (SSSR count). The van der Waals surface area contributed by atoms with Gasteiger partial charge >= 0.3 is 11.9 Å². The molecule has 1 saturated heterocycles. The van der Waals surface area contributed by atoms with E-state index in [0.29, 0.717) is 25.4 Å². The van der Waals surface area contributed by atoms with Gasteiger partial charge in [-0.2, -0.15) is 0 Å². The molecule has 0 bridgehead atoms. The van der Waals surface area contributed by atoms with E-state index in [-0.39, 0.29) is 54.3 Å². The summed E-state index contributed by atoms with van der Waals surface area (Å²) in [6.45, 7) is 12.9. The van der Waals surface area contributed by atoms with Gasteiger partial charge in [-0.15, -0.1) is 0 Å². The highest BCUT2D eigenvalue weighted by molar-refractivity contribution is 5.82. The van der Waals surface area contributed by atoms with E-state index < -0.39 is 5.41 Å². The minimum atomic E-state index is -0.593. The minimum Gasteiger partial charge on any atom is -0.463 e. The number of hydrogen-bond acceptors (Lipinski definition) is 6. The summed E-state index contributed by atoms with van der Waals surface area (Å²) in [7, 11) is 0. The molecule has 2 fully saturated rings. The summed E-state index contributed by atoms with van der Waals surface area (Å²) in [5.41, 5.74) is 1.64. The van der Waals surface area contributed by atoms with Crippen molar-refractivity contribution in [2.45, 2.75) is 110 Å². The SMILES string of the molecule is C[C@@H]1CC[C@@H](C(C)(C)c2ccccc2)[C@H](OC(=O)/C=C/[C@H]2C[C@@H](OCc3ccccc3)C[C@@H](COC(=O)C(C)(C)C)O2)C1. The van der Waals surface area contributed by atoms with E-state index in [4.69, 9.17) is 18.9 Å². The predicted octanol–water partition coefficient (Wildman–Crippen LogP) is 7.59. The van der Waals surface area contributed by atoms with Crippen LogP contribution in [0.15, 0.2) is 72.8 Å². The molecule has 1 heterocycles. The van der Waals surface area contributed by atoms with Crippen molar-refractivity contribution in [1.29, 1.82) is 0 Å². The lowest BCUT2D eigenvalue weighted by Crippen LogP contribution is -2.43. The number of carbonyl (C=O) groups is 2. The maximum atomic E-state index is 13.2. The molecule has 0 unspecified atom stereocenters. The van der Waals surface area contributed by atoms with Crippen molar-refractivity contribution >= 4 is 11.9 Å². The van der Waals surface area contributed by atoms with Crippen molar-refractivity contribution in [3.63, 3.8) is 0 Å². The Hall–Kier alpha value is -2.96. The molecular formula is C37H50O6. The van der Waals surface area contributed by atoms with Gasteiger partial charge < -0.3 is 18.9 Å².